The van der Waals surface area contributed by atoms with Crippen molar-refractivity contribution in [3.05, 3.63) is 59.1 Å². The highest BCUT2D eigenvalue weighted by atomic mass is 35.5. The molecule has 4 nitrogen and oxygen atoms in total. The van der Waals surface area contributed by atoms with Gasteiger partial charge in [0.05, 0.1) is 18.4 Å². The minimum absolute atomic E-state index is 0.00620. The number of carbonyl (C=O) groups excluding carboxylic acids is 1. The Bertz CT molecular complexity index is 722. The Balaban J connectivity index is 1.99. The number of likely N-dealkylation sites (N-methyl/N-ethyl adjacent to an activating group) is 1. The molecule has 2 aromatic carbocycles. The summed E-state index contributed by atoms with van der Waals surface area (Å²) in [7, 11) is 5.65. The van der Waals surface area contributed by atoms with Crippen LogP contribution in [0.3, 0.4) is 0 Å². The summed E-state index contributed by atoms with van der Waals surface area (Å²) in [6, 6.07) is 15.4. The Labute approximate surface area is 164 Å². The number of ether oxygens (including phenoxy) is 1. The number of methoxy groups -OCH3 is 1. The number of benzene rings is 2. The van der Waals surface area contributed by atoms with Crippen molar-refractivity contribution >= 4 is 29.3 Å². The molecule has 0 bridgehead atoms. The number of para-hydroxylation sites is 1. The molecule has 6 heteroatoms. The maximum absolute atomic E-state index is 12.5. The Morgan fingerprint density at radius 3 is 2.46 bits per heavy atom. The molecule has 1 amide bonds. The van der Waals surface area contributed by atoms with E-state index in [-0.39, 0.29) is 17.2 Å². The number of nitrogens with zero attached hydrogens (tertiary/aromatic N) is 1. The molecule has 2 unspecified atom stereocenters. The van der Waals surface area contributed by atoms with Gasteiger partial charge in [0.25, 0.3) is 0 Å². The summed E-state index contributed by atoms with van der Waals surface area (Å²) in [5, 5.41) is 3.56. The van der Waals surface area contributed by atoms with Crippen molar-refractivity contribution < 1.29 is 9.53 Å². The number of halogens is 1. The smallest absolute Gasteiger partial charge is 0.233 e. The molecule has 0 heterocycles. The van der Waals surface area contributed by atoms with E-state index >= 15 is 0 Å². The first kappa shape index (κ1) is 20.6. The van der Waals surface area contributed by atoms with Crippen LogP contribution in [-0.2, 0) is 4.79 Å². The van der Waals surface area contributed by atoms with Crippen LogP contribution >= 0.6 is 23.4 Å². The monoisotopic (exact) mass is 392 g/mol. The fourth-order valence-corrected chi connectivity index (χ4v) is 3.64. The molecule has 0 aliphatic carbocycles. The van der Waals surface area contributed by atoms with Crippen molar-refractivity contribution in [3.8, 4) is 5.75 Å². The van der Waals surface area contributed by atoms with Gasteiger partial charge in [0, 0.05) is 22.0 Å². The van der Waals surface area contributed by atoms with Gasteiger partial charge in [-0.25, -0.2) is 0 Å². The van der Waals surface area contributed by atoms with E-state index in [9.17, 15) is 4.79 Å². The zero-order valence-corrected chi connectivity index (χ0v) is 17.1. The number of nitrogens with one attached hydrogen (secondary N) is 1. The van der Waals surface area contributed by atoms with Crippen LogP contribution in [0.1, 0.15) is 18.5 Å². The highest BCUT2D eigenvalue weighted by molar-refractivity contribution is 8.00. The van der Waals surface area contributed by atoms with Crippen LogP contribution in [0.4, 0.5) is 0 Å². The first-order chi connectivity index (χ1) is 12.4. The summed E-state index contributed by atoms with van der Waals surface area (Å²) in [5.41, 5.74) is 1.05. The molecule has 0 spiro atoms. The van der Waals surface area contributed by atoms with E-state index in [2.05, 4.69) is 10.2 Å². The van der Waals surface area contributed by atoms with E-state index in [4.69, 9.17) is 16.3 Å². The SMILES string of the molecule is COc1ccccc1C(CNC(=O)C(C)Sc1ccc(Cl)cc1)N(C)C. The van der Waals surface area contributed by atoms with Crippen molar-refractivity contribution in [1.82, 2.24) is 10.2 Å². The summed E-state index contributed by atoms with van der Waals surface area (Å²) in [6.45, 7) is 2.42. The molecule has 0 aromatic heterocycles. The molecular weight excluding hydrogens is 368 g/mol. The lowest BCUT2D eigenvalue weighted by atomic mass is 10.0. The van der Waals surface area contributed by atoms with Gasteiger partial charge in [-0.05, 0) is 51.4 Å². The third-order valence-electron chi connectivity index (χ3n) is 4.09. The largest absolute Gasteiger partial charge is 0.496 e. The molecule has 1 N–H and O–H groups in total. The minimum atomic E-state index is -0.198. The fraction of sp³-hybridized carbons (Fsp3) is 0.350. The summed E-state index contributed by atoms with van der Waals surface area (Å²) in [4.78, 5) is 15.6. The molecule has 0 aliphatic rings. The summed E-state index contributed by atoms with van der Waals surface area (Å²) >= 11 is 7.42. The molecule has 26 heavy (non-hydrogen) atoms. The Kier molecular flexibility index (Phi) is 7.82. The summed E-state index contributed by atoms with van der Waals surface area (Å²) < 4.78 is 5.47. The lowest BCUT2D eigenvalue weighted by Crippen LogP contribution is -2.38. The Morgan fingerprint density at radius 2 is 1.85 bits per heavy atom. The van der Waals surface area contributed by atoms with E-state index in [1.165, 1.54) is 11.8 Å². The molecule has 0 fully saturated rings. The number of amides is 1. The number of carbonyl (C=O) groups is 1. The lowest BCUT2D eigenvalue weighted by molar-refractivity contribution is -0.120. The topological polar surface area (TPSA) is 41.6 Å². The average Bonchev–Trinajstić information content (AvgIpc) is 2.63. The van der Waals surface area contributed by atoms with Crippen LogP contribution in [0.5, 0.6) is 5.75 Å². The van der Waals surface area contributed by atoms with Crippen molar-refractivity contribution in [3.63, 3.8) is 0 Å². The van der Waals surface area contributed by atoms with Crippen molar-refractivity contribution in [2.75, 3.05) is 27.7 Å². The van der Waals surface area contributed by atoms with Gasteiger partial charge in [-0.15, -0.1) is 11.8 Å². The lowest BCUT2D eigenvalue weighted by Gasteiger charge is -2.27. The normalized spacial score (nSPS) is 13.3. The van der Waals surface area contributed by atoms with Gasteiger partial charge in [-0.2, -0.15) is 0 Å². The molecular formula is C20H25ClN2O2S. The third-order valence-corrected chi connectivity index (χ3v) is 5.45. The fourth-order valence-electron chi connectivity index (χ4n) is 2.62. The molecule has 2 atom stereocenters. The standard InChI is InChI=1S/C20H25ClN2O2S/c1-14(26-16-11-9-15(21)10-12-16)20(24)22-13-18(23(2)3)17-7-5-6-8-19(17)25-4/h5-12,14,18H,13H2,1-4H3,(H,22,24). The van der Waals surface area contributed by atoms with Gasteiger partial charge in [-0.1, -0.05) is 29.8 Å². The van der Waals surface area contributed by atoms with Gasteiger partial charge in [-0.3, -0.25) is 4.79 Å². The summed E-state index contributed by atoms with van der Waals surface area (Å²) in [5.74, 6) is 0.829. The van der Waals surface area contributed by atoms with Crippen LogP contribution in [0.2, 0.25) is 5.02 Å². The number of hydrogen-bond acceptors (Lipinski definition) is 4. The molecule has 0 aliphatic heterocycles. The third kappa shape index (κ3) is 5.66. The van der Waals surface area contributed by atoms with Crippen LogP contribution in [0, 0.1) is 0 Å². The van der Waals surface area contributed by atoms with Crippen molar-refractivity contribution in [1.29, 1.82) is 0 Å². The van der Waals surface area contributed by atoms with Gasteiger partial charge in [0.2, 0.25) is 5.91 Å². The zero-order chi connectivity index (χ0) is 19.1. The number of rotatable bonds is 8. The average molecular weight is 393 g/mol. The maximum Gasteiger partial charge on any atom is 0.233 e. The molecule has 0 radical (unpaired) electrons. The van der Waals surface area contributed by atoms with Gasteiger partial charge < -0.3 is 15.0 Å². The van der Waals surface area contributed by atoms with Crippen LogP contribution in [0.25, 0.3) is 0 Å². The number of hydrogen-bond donors (Lipinski definition) is 1. The van der Waals surface area contributed by atoms with E-state index in [0.717, 1.165) is 16.2 Å². The van der Waals surface area contributed by atoms with Gasteiger partial charge in [0.1, 0.15) is 5.75 Å². The molecule has 0 saturated carbocycles. The second kappa shape index (κ2) is 9.86. The van der Waals surface area contributed by atoms with Crippen LogP contribution < -0.4 is 10.1 Å². The Hall–Kier alpha value is -1.69. The molecule has 0 saturated heterocycles. The van der Waals surface area contributed by atoms with E-state index in [1.54, 1.807) is 7.11 Å². The summed E-state index contributed by atoms with van der Waals surface area (Å²) in [6.07, 6.45) is 0. The first-order valence-corrected chi connectivity index (χ1v) is 9.67. The predicted molar refractivity (Wildman–Crippen MR) is 109 cm³/mol. The maximum atomic E-state index is 12.5. The second-order valence-electron chi connectivity index (χ2n) is 6.18. The minimum Gasteiger partial charge on any atom is -0.496 e. The van der Waals surface area contributed by atoms with Crippen LogP contribution in [-0.4, -0.2) is 43.8 Å². The van der Waals surface area contributed by atoms with E-state index in [0.29, 0.717) is 11.6 Å². The van der Waals surface area contributed by atoms with E-state index in [1.807, 2.05) is 69.6 Å². The van der Waals surface area contributed by atoms with Crippen molar-refractivity contribution in [2.24, 2.45) is 0 Å². The first-order valence-electron chi connectivity index (χ1n) is 8.41. The van der Waals surface area contributed by atoms with Gasteiger partial charge >= 0.3 is 0 Å². The van der Waals surface area contributed by atoms with Gasteiger partial charge in [0.15, 0.2) is 0 Å². The molecule has 140 valence electrons. The molecule has 2 rings (SSSR count). The molecule has 2 aromatic rings. The zero-order valence-electron chi connectivity index (χ0n) is 15.5. The highest BCUT2D eigenvalue weighted by Gasteiger charge is 2.21. The second-order valence-corrected chi connectivity index (χ2v) is 8.03. The predicted octanol–water partition coefficient (Wildman–Crippen LogP) is 4.25. The Morgan fingerprint density at radius 1 is 1.19 bits per heavy atom. The highest BCUT2D eigenvalue weighted by Crippen LogP contribution is 2.28. The quantitative estimate of drug-likeness (QED) is 0.682. The van der Waals surface area contributed by atoms with E-state index < -0.39 is 0 Å². The van der Waals surface area contributed by atoms with Crippen LogP contribution in [0.15, 0.2) is 53.4 Å². The van der Waals surface area contributed by atoms with Crippen molar-refractivity contribution in [2.45, 2.75) is 23.1 Å². The number of thioether (sulfide) groups is 1.